The number of nitrogens with zero attached hydrogens (tertiary/aromatic N) is 1. The number of anilines is 1. The Labute approximate surface area is 151 Å². The van der Waals surface area contributed by atoms with E-state index in [1.54, 1.807) is 18.2 Å². The van der Waals surface area contributed by atoms with Gasteiger partial charge in [0.05, 0.1) is 10.7 Å². The van der Waals surface area contributed by atoms with Gasteiger partial charge in [-0.1, -0.05) is 23.7 Å². The molecule has 2 aromatic carbocycles. The van der Waals surface area contributed by atoms with E-state index in [-0.39, 0.29) is 16.3 Å². The quantitative estimate of drug-likeness (QED) is 0.740. The Morgan fingerprint density at radius 3 is 2.65 bits per heavy atom. The van der Waals surface area contributed by atoms with Crippen molar-refractivity contribution in [2.75, 3.05) is 5.32 Å². The minimum Gasteiger partial charge on any atom is -0.322 e. The number of H-pyrrole nitrogens is 1. The van der Waals surface area contributed by atoms with E-state index in [4.69, 9.17) is 11.6 Å². The molecule has 6 nitrogen and oxygen atoms in total. The first-order valence-electron chi connectivity index (χ1n) is 7.55. The number of carbonyl (C=O) groups is 1. The summed E-state index contributed by atoms with van der Waals surface area (Å²) < 4.78 is 14.0. The summed E-state index contributed by atoms with van der Waals surface area (Å²) in [5.41, 5.74) is -0.398. The van der Waals surface area contributed by atoms with Crippen molar-refractivity contribution in [3.05, 3.63) is 91.5 Å². The van der Waals surface area contributed by atoms with Crippen LogP contribution in [0.1, 0.15) is 15.9 Å². The fourth-order valence-electron chi connectivity index (χ4n) is 2.42. The van der Waals surface area contributed by atoms with Gasteiger partial charge < -0.3 is 10.3 Å². The van der Waals surface area contributed by atoms with Gasteiger partial charge in [0.1, 0.15) is 11.4 Å². The highest BCUT2D eigenvalue weighted by Crippen LogP contribution is 2.17. The zero-order valence-electron chi connectivity index (χ0n) is 13.5. The van der Waals surface area contributed by atoms with Crippen LogP contribution in [0.15, 0.2) is 58.3 Å². The predicted octanol–water partition coefficient (Wildman–Crippen LogP) is 2.88. The molecule has 0 bridgehead atoms. The topological polar surface area (TPSA) is 84.0 Å². The fourth-order valence-corrected chi connectivity index (χ4v) is 2.59. The van der Waals surface area contributed by atoms with Crippen molar-refractivity contribution in [1.82, 2.24) is 9.55 Å². The third-order valence-corrected chi connectivity index (χ3v) is 3.95. The van der Waals surface area contributed by atoms with Crippen molar-refractivity contribution in [1.29, 1.82) is 0 Å². The van der Waals surface area contributed by atoms with Gasteiger partial charge in [-0.25, -0.2) is 13.8 Å². The molecule has 8 heteroatoms. The molecular weight excluding hydrogens is 361 g/mol. The zero-order chi connectivity index (χ0) is 18.8. The van der Waals surface area contributed by atoms with Crippen LogP contribution in [0, 0.1) is 12.7 Å². The first-order chi connectivity index (χ1) is 12.4. The lowest BCUT2D eigenvalue weighted by Gasteiger charge is -2.09. The lowest BCUT2D eigenvalue weighted by Crippen LogP contribution is -2.38. The van der Waals surface area contributed by atoms with Gasteiger partial charge in [-0.2, -0.15) is 0 Å². The summed E-state index contributed by atoms with van der Waals surface area (Å²) >= 11 is 5.71. The van der Waals surface area contributed by atoms with Crippen molar-refractivity contribution >= 4 is 23.2 Å². The van der Waals surface area contributed by atoms with E-state index in [9.17, 15) is 18.8 Å². The minimum atomic E-state index is -0.846. The van der Waals surface area contributed by atoms with Crippen molar-refractivity contribution in [2.24, 2.45) is 0 Å². The number of aryl methyl sites for hydroxylation is 1. The molecule has 0 atom stereocenters. The predicted molar refractivity (Wildman–Crippen MR) is 96.8 cm³/mol. The van der Waals surface area contributed by atoms with Crippen LogP contribution in [0.25, 0.3) is 5.69 Å². The number of aromatic nitrogens is 2. The Kier molecular flexibility index (Phi) is 4.73. The second kappa shape index (κ2) is 6.97. The summed E-state index contributed by atoms with van der Waals surface area (Å²) in [6.45, 7) is 1.86. The van der Waals surface area contributed by atoms with Gasteiger partial charge in [-0.3, -0.25) is 9.59 Å². The summed E-state index contributed by atoms with van der Waals surface area (Å²) in [5, 5.41) is 2.35. The van der Waals surface area contributed by atoms with E-state index in [2.05, 4.69) is 10.3 Å². The molecule has 1 heterocycles. The average molecular weight is 374 g/mol. The zero-order valence-corrected chi connectivity index (χ0v) is 14.3. The Bertz CT molecular complexity index is 1120. The molecule has 0 radical (unpaired) electrons. The maximum absolute atomic E-state index is 13.3. The van der Waals surface area contributed by atoms with Crippen molar-refractivity contribution in [3.8, 4) is 5.69 Å². The summed E-state index contributed by atoms with van der Waals surface area (Å²) in [6.07, 6.45) is 1.04. The lowest BCUT2D eigenvalue weighted by molar-refractivity contribution is 0.102. The number of amides is 1. The summed E-state index contributed by atoms with van der Waals surface area (Å²) in [7, 11) is 0. The molecule has 0 fully saturated rings. The average Bonchev–Trinajstić information content (AvgIpc) is 2.58. The Morgan fingerprint density at radius 1 is 1.19 bits per heavy atom. The van der Waals surface area contributed by atoms with Gasteiger partial charge in [0.2, 0.25) is 0 Å². The van der Waals surface area contributed by atoms with Gasteiger partial charge in [0.25, 0.3) is 11.5 Å². The number of rotatable bonds is 3. The van der Waals surface area contributed by atoms with Crippen LogP contribution in [0.3, 0.4) is 0 Å². The molecule has 26 heavy (non-hydrogen) atoms. The SMILES string of the molecule is Cc1cccc(NC(=O)c2c[nH]c(=O)n(-c3ccc(F)c(Cl)c3)c2=O)c1. The fraction of sp³-hybridized carbons (Fsp3) is 0.0556. The van der Waals surface area contributed by atoms with Crippen molar-refractivity contribution < 1.29 is 9.18 Å². The van der Waals surface area contributed by atoms with Crippen LogP contribution < -0.4 is 16.6 Å². The molecule has 0 spiro atoms. The summed E-state index contributed by atoms with van der Waals surface area (Å²) in [5.74, 6) is -1.37. The summed E-state index contributed by atoms with van der Waals surface area (Å²) in [4.78, 5) is 39.4. The highest BCUT2D eigenvalue weighted by Gasteiger charge is 2.16. The van der Waals surface area contributed by atoms with E-state index in [1.165, 1.54) is 6.07 Å². The van der Waals surface area contributed by atoms with Crippen LogP contribution in [0.2, 0.25) is 5.02 Å². The standard InChI is InChI=1S/C18H13ClFN3O3/c1-10-3-2-4-11(7-10)22-16(24)13-9-21-18(26)23(17(13)25)12-5-6-15(20)14(19)8-12/h2-9H,1H3,(H,21,26)(H,22,24). The third kappa shape index (κ3) is 3.43. The first-order valence-corrected chi connectivity index (χ1v) is 7.93. The number of carbonyl (C=O) groups excluding carboxylic acids is 1. The Morgan fingerprint density at radius 2 is 1.96 bits per heavy atom. The maximum Gasteiger partial charge on any atom is 0.333 e. The van der Waals surface area contributed by atoms with E-state index in [1.807, 2.05) is 13.0 Å². The molecule has 132 valence electrons. The monoisotopic (exact) mass is 373 g/mol. The Hall–Kier alpha value is -3.19. The van der Waals surface area contributed by atoms with E-state index < -0.39 is 23.0 Å². The third-order valence-electron chi connectivity index (χ3n) is 3.66. The van der Waals surface area contributed by atoms with Gasteiger partial charge in [0, 0.05) is 11.9 Å². The van der Waals surface area contributed by atoms with Crippen LogP contribution >= 0.6 is 11.6 Å². The molecule has 0 aliphatic carbocycles. The lowest BCUT2D eigenvalue weighted by atomic mass is 10.2. The van der Waals surface area contributed by atoms with Crippen LogP contribution in [0.4, 0.5) is 10.1 Å². The number of halogens is 2. The van der Waals surface area contributed by atoms with Crippen LogP contribution in [-0.4, -0.2) is 15.5 Å². The number of aromatic amines is 1. The summed E-state index contributed by atoms with van der Waals surface area (Å²) in [6, 6.07) is 10.4. The van der Waals surface area contributed by atoms with E-state index in [0.29, 0.717) is 5.69 Å². The first kappa shape index (κ1) is 17.6. The van der Waals surface area contributed by atoms with Crippen molar-refractivity contribution in [2.45, 2.75) is 6.92 Å². The van der Waals surface area contributed by atoms with Gasteiger partial charge in [-0.05, 0) is 42.8 Å². The number of nitrogens with one attached hydrogen (secondary N) is 2. The smallest absolute Gasteiger partial charge is 0.322 e. The minimum absolute atomic E-state index is 0.0489. The maximum atomic E-state index is 13.3. The van der Waals surface area contributed by atoms with Crippen LogP contribution in [-0.2, 0) is 0 Å². The molecular formula is C18H13ClFN3O3. The van der Waals surface area contributed by atoms with Gasteiger partial charge >= 0.3 is 5.69 Å². The molecule has 1 amide bonds. The molecule has 1 aromatic heterocycles. The van der Waals surface area contributed by atoms with E-state index in [0.717, 1.165) is 28.5 Å². The van der Waals surface area contributed by atoms with Crippen molar-refractivity contribution in [3.63, 3.8) is 0 Å². The molecule has 0 aliphatic rings. The second-order valence-corrected chi connectivity index (χ2v) is 5.98. The molecule has 3 aromatic rings. The highest BCUT2D eigenvalue weighted by atomic mass is 35.5. The van der Waals surface area contributed by atoms with Gasteiger partial charge in [0.15, 0.2) is 0 Å². The Balaban J connectivity index is 2.04. The van der Waals surface area contributed by atoms with Gasteiger partial charge in [-0.15, -0.1) is 0 Å². The highest BCUT2D eigenvalue weighted by molar-refractivity contribution is 6.30. The largest absolute Gasteiger partial charge is 0.333 e. The number of hydrogen-bond acceptors (Lipinski definition) is 3. The molecule has 0 saturated heterocycles. The molecule has 0 aliphatic heterocycles. The molecule has 2 N–H and O–H groups in total. The molecule has 3 rings (SSSR count). The second-order valence-electron chi connectivity index (χ2n) is 5.57. The number of benzene rings is 2. The molecule has 0 unspecified atom stereocenters. The molecule has 0 saturated carbocycles. The normalized spacial score (nSPS) is 10.6. The number of hydrogen-bond donors (Lipinski definition) is 2. The van der Waals surface area contributed by atoms with E-state index >= 15 is 0 Å². The van der Waals surface area contributed by atoms with Crippen LogP contribution in [0.5, 0.6) is 0 Å².